The zero-order chi connectivity index (χ0) is 13.1. The molecule has 1 aromatic carbocycles. The van der Waals surface area contributed by atoms with Gasteiger partial charge in [0.15, 0.2) is 0 Å². The van der Waals surface area contributed by atoms with Gasteiger partial charge in [-0.15, -0.1) is 11.8 Å². The summed E-state index contributed by atoms with van der Waals surface area (Å²) in [5.41, 5.74) is 1.29. The highest BCUT2D eigenvalue weighted by Crippen LogP contribution is 2.38. The number of hydrogen-bond acceptors (Lipinski definition) is 3. The lowest BCUT2D eigenvalue weighted by molar-refractivity contribution is 0.121. The normalized spacial score (nSPS) is 27.8. The number of para-hydroxylation sites is 1. The Morgan fingerprint density at radius 3 is 2.68 bits per heavy atom. The molecule has 104 valence electrons. The van der Waals surface area contributed by atoms with Gasteiger partial charge < -0.3 is 10.1 Å². The first-order chi connectivity index (χ1) is 9.33. The van der Waals surface area contributed by atoms with Gasteiger partial charge in [0.05, 0.1) is 12.1 Å². The fourth-order valence-corrected chi connectivity index (χ4v) is 4.33. The van der Waals surface area contributed by atoms with Gasteiger partial charge >= 0.3 is 0 Å². The third-order valence-electron chi connectivity index (χ3n) is 4.20. The molecule has 2 aliphatic rings. The van der Waals surface area contributed by atoms with Crippen LogP contribution in [0.15, 0.2) is 29.2 Å². The Hall–Kier alpha value is -0.670. The molecule has 2 atom stereocenters. The van der Waals surface area contributed by atoms with Crippen molar-refractivity contribution < 1.29 is 4.74 Å². The van der Waals surface area contributed by atoms with E-state index in [4.69, 9.17) is 4.74 Å². The van der Waals surface area contributed by atoms with Crippen molar-refractivity contribution in [3.8, 4) is 0 Å². The van der Waals surface area contributed by atoms with Gasteiger partial charge in [-0.2, -0.15) is 0 Å². The van der Waals surface area contributed by atoms with E-state index in [0.29, 0.717) is 12.1 Å². The lowest BCUT2D eigenvalue weighted by Crippen LogP contribution is -2.26. The average molecular weight is 277 g/mol. The first kappa shape index (κ1) is 13.3. The third-order valence-corrected chi connectivity index (χ3v) is 5.61. The first-order valence-electron chi connectivity index (χ1n) is 7.47. The van der Waals surface area contributed by atoms with E-state index in [2.05, 4.69) is 48.3 Å². The van der Waals surface area contributed by atoms with Crippen molar-refractivity contribution in [1.29, 1.82) is 0 Å². The molecule has 19 heavy (non-hydrogen) atoms. The smallest absolute Gasteiger partial charge is 0.0748 e. The molecule has 2 fully saturated rings. The summed E-state index contributed by atoms with van der Waals surface area (Å²) in [4.78, 5) is 1.41. The molecule has 0 amide bonds. The summed E-state index contributed by atoms with van der Waals surface area (Å²) < 4.78 is 5.64. The van der Waals surface area contributed by atoms with Crippen molar-refractivity contribution in [2.75, 3.05) is 11.9 Å². The van der Waals surface area contributed by atoms with E-state index < -0.39 is 0 Å². The Bertz CT molecular complexity index is 417. The second kappa shape index (κ2) is 6.19. The summed E-state index contributed by atoms with van der Waals surface area (Å²) in [6, 6.07) is 9.21. The fourth-order valence-electron chi connectivity index (χ4n) is 3.00. The lowest BCUT2D eigenvalue weighted by atomic mass is 10.1. The minimum Gasteiger partial charge on any atom is -0.379 e. The summed E-state index contributed by atoms with van der Waals surface area (Å²) in [7, 11) is 0. The molecule has 0 radical (unpaired) electrons. The first-order valence-corrected chi connectivity index (χ1v) is 8.35. The molecule has 3 rings (SSSR count). The van der Waals surface area contributed by atoms with Crippen LogP contribution >= 0.6 is 11.8 Å². The lowest BCUT2D eigenvalue weighted by Gasteiger charge is -2.20. The molecule has 0 aromatic heterocycles. The molecule has 1 heterocycles. The van der Waals surface area contributed by atoms with Gasteiger partial charge in [-0.1, -0.05) is 25.0 Å². The fraction of sp³-hybridized carbons (Fsp3) is 0.625. The molecule has 1 N–H and O–H groups in total. The number of hydrogen-bond donors (Lipinski definition) is 1. The molecule has 1 aromatic rings. The van der Waals surface area contributed by atoms with Crippen LogP contribution < -0.4 is 5.32 Å². The molecule has 2 nitrogen and oxygen atoms in total. The second-order valence-electron chi connectivity index (χ2n) is 5.64. The number of ether oxygens (including phenoxy) is 1. The quantitative estimate of drug-likeness (QED) is 0.886. The highest BCUT2D eigenvalue weighted by molar-refractivity contribution is 8.00. The van der Waals surface area contributed by atoms with Crippen molar-refractivity contribution in [3.63, 3.8) is 0 Å². The monoisotopic (exact) mass is 277 g/mol. The maximum absolute atomic E-state index is 5.64. The van der Waals surface area contributed by atoms with E-state index in [9.17, 15) is 0 Å². The standard InChI is InChI=1S/C16H23NOS/c1-12-14(10-11-18-12)17-15-8-4-5-9-16(15)19-13-6-2-3-7-13/h4-5,8-9,12-14,17H,2-3,6-7,10-11H2,1H3. The van der Waals surface area contributed by atoms with E-state index >= 15 is 0 Å². The maximum atomic E-state index is 5.64. The minimum absolute atomic E-state index is 0.324. The van der Waals surface area contributed by atoms with Gasteiger partial charge in [0.1, 0.15) is 0 Å². The Kier molecular flexibility index (Phi) is 4.34. The van der Waals surface area contributed by atoms with Crippen LogP contribution in [0.5, 0.6) is 0 Å². The van der Waals surface area contributed by atoms with Crippen LogP contribution in [0, 0.1) is 0 Å². The van der Waals surface area contributed by atoms with Crippen molar-refractivity contribution in [2.24, 2.45) is 0 Å². The Labute approximate surface area is 120 Å². The van der Waals surface area contributed by atoms with Crippen molar-refractivity contribution in [2.45, 2.75) is 61.3 Å². The van der Waals surface area contributed by atoms with E-state index in [1.807, 2.05) is 0 Å². The topological polar surface area (TPSA) is 21.3 Å². The van der Waals surface area contributed by atoms with Crippen LogP contribution in [-0.2, 0) is 4.74 Å². The maximum Gasteiger partial charge on any atom is 0.0748 e. The molecule has 1 saturated heterocycles. The largest absolute Gasteiger partial charge is 0.379 e. The number of benzene rings is 1. The van der Waals surface area contributed by atoms with Crippen molar-refractivity contribution in [1.82, 2.24) is 0 Å². The summed E-state index contributed by atoms with van der Waals surface area (Å²) in [5.74, 6) is 0. The molecule has 1 aliphatic carbocycles. The van der Waals surface area contributed by atoms with E-state index in [1.54, 1.807) is 0 Å². The van der Waals surface area contributed by atoms with E-state index in [0.717, 1.165) is 18.3 Å². The molecular weight excluding hydrogens is 254 g/mol. The SMILES string of the molecule is CC1OCCC1Nc1ccccc1SC1CCCC1. The average Bonchev–Trinajstić information content (AvgIpc) is 3.05. The molecule has 2 unspecified atom stereocenters. The number of thioether (sulfide) groups is 1. The number of nitrogens with one attached hydrogen (secondary N) is 1. The van der Waals surface area contributed by atoms with Gasteiger partial charge in [-0.25, -0.2) is 0 Å². The predicted octanol–water partition coefficient (Wildman–Crippen LogP) is 4.31. The molecule has 3 heteroatoms. The van der Waals surface area contributed by atoms with Gasteiger partial charge in [-0.3, -0.25) is 0 Å². The summed E-state index contributed by atoms with van der Waals surface area (Å²) in [6.07, 6.45) is 7.00. The van der Waals surface area contributed by atoms with Crippen LogP contribution in [0.25, 0.3) is 0 Å². The Morgan fingerprint density at radius 2 is 1.95 bits per heavy atom. The number of rotatable bonds is 4. The van der Waals surface area contributed by atoms with Crippen LogP contribution in [0.3, 0.4) is 0 Å². The van der Waals surface area contributed by atoms with Gasteiger partial charge in [0.2, 0.25) is 0 Å². The summed E-state index contributed by atoms with van der Waals surface area (Å²) in [6.45, 7) is 3.05. The molecule has 0 spiro atoms. The minimum atomic E-state index is 0.324. The highest BCUT2D eigenvalue weighted by atomic mass is 32.2. The zero-order valence-electron chi connectivity index (χ0n) is 11.6. The zero-order valence-corrected chi connectivity index (χ0v) is 12.4. The van der Waals surface area contributed by atoms with E-state index in [-0.39, 0.29) is 0 Å². The van der Waals surface area contributed by atoms with Gasteiger partial charge in [-0.05, 0) is 38.3 Å². The van der Waals surface area contributed by atoms with Crippen LogP contribution in [0.4, 0.5) is 5.69 Å². The number of anilines is 1. The Morgan fingerprint density at radius 1 is 1.16 bits per heavy atom. The molecule has 0 bridgehead atoms. The molecule has 1 saturated carbocycles. The van der Waals surface area contributed by atoms with Gasteiger partial charge in [0.25, 0.3) is 0 Å². The predicted molar refractivity (Wildman–Crippen MR) is 82.0 cm³/mol. The van der Waals surface area contributed by atoms with Crippen LogP contribution in [0.1, 0.15) is 39.0 Å². The third kappa shape index (κ3) is 3.26. The highest BCUT2D eigenvalue weighted by Gasteiger charge is 2.25. The second-order valence-corrected chi connectivity index (χ2v) is 6.98. The van der Waals surface area contributed by atoms with E-state index in [1.165, 1.54) is 36.3 Å². The summed E-state index contributed by atoms with van der Waals surface area (Å²) in [5, 5.41) is 4.51. The van der Waals surface area contributed by atoms with Crippen molar-refractivity contribution in [3.05, 3.63) is 24.3 Å². The molecular formula is C16H23NOS. The van der Waals surface area contributed by atoms with Crippen LogP contribution in [0.2, 0.25) is 0 Å². The Balaban J connectivity index is 1.69. The van der Waals surface area contributed by atoms with Gasteiger partial charge in [0, 0.05) is 22.4 Å². The molecule has 1 aliphatic heterocycles. The van der Waals surface area contributed by atoms with Crippen LogP contribution in [-0.4, -0.2) is 24.0 Å². The van der Waals surface area contributed by atoms with Crippen molar-refractivity contribution >= 4 is 17.4 Å². The summed E-state index contributed by atoms with van der Waals surface area (Å²) >= 11 is 2.06.